The van der Waals surface area contributed by atoms with E-state index >= 15 is 0 Å². The summed E-state index contributed by atoms with van der Waals surface area (Å²) in [4.78, 5) is 20.4. The number of nitrogens with zero attached hydrogens (tertiary/aromatic N) is 1. The maximum atomic E-state index is 12.8. The Balaban J connectivity index is 1.85. The third kappa shape index (κ3) is 4.83. The molecule has 176 valence electrons. The van der Waals surface area contributed by atoms with Gasteiger partial charge in [-0.25, -0.2) is 4.98 Å². The van der Waals surface area contributed by atoms with Gasteiger partial charge in [-0.05, 0) is 54.1 Å². The summed E-state index contributed by atoms with van der Waals surface area (Å²) in [6.07, 6.45) is 2.57. The van der Waals surface area contributed by atoms with Crippen LogP contribution in [0.15, 0.2) is 65.6 Å². The zero-order chi connectivity index (χ0) is 24.1. The quantitative estimate of drug-likeness (QED) is 0.330. The van der Waals surface area contributed by atoms with Gasteiger partial charge < -0.3 is 24.5 Å². The lowest BCUT2D eigenvalue weighted by Crippen LogP contribution is -2.10. The maximum Gasteiger partial charge on any atom is 0.259 e. The number of pyridine rings is 2. The van der Waals surface area contributed by atoms with Crippen LogP contribution in [-0.4, -0.2) is 30.8 Å². The molecule has 0 amide bonds. The van der Waals surface area contributed by atoms with Crippen LogP contribution in [0.2, 0.25) is 0 Å². The van der Waals surface area contributed by atoms with Gasteiger partial charge in [-0.2, -0.15) is 0 Å². The molecule has 4 aromatic rings. The van der Waals surface area contributed by atoms with Crippen molar-refractivity contribution >= 4 is 22.3 Å². The predicted molar refractivity (Wildman–Crippen MR) is 136 cm³/mol. The van der Waals surface area contributed by atoms with Gasteiger partial charge in [-0.3, -0.25) is 4.79 Å². The minimum Gasteiger partial charge on any atom is -0.496 e. The van der Waals surface area contributed by atoms with Gasteiger partial charge in [-0.1, -0.05) is 32.0 Å². The normalized spacial score (nSPS) is 11.0. The number of rotatable bonds is 9. The molecule has 0 fully saturated rings. The average molecular weight is 460 g/mol. The first-order valence-electron chi connectivity index (χ1n) is 11.2. The van der Waals surface area contributed by atoms with E-state index in [1.165, 1.54) is 0 Å². The molecule has 0 radical (unpaired) electrons. The van der Waals surface area contributed by atoms with Gasteiger partial charge in [0.05, 0.1) is 43.2 Å². The van der Waals surface area contributed by atoms with E-state index in [-0.39, 0.29) is 5.56 Å². The van der Waals surface area contributed by atoms with Crippen LogP contribution in [0.1, 0.15) is 20.3 Å². The van der Waals surface area contributed by atoms with E-state index in [0.717, 1.165) is 17.5 Å². The smallest absolute Gasteiger partial charge is 0.259 e. The van der Waals surface area contributed by atoms with E-state index in [4.69, 9.17) is 19.2 Å². The van der Waals surface area contributed by atoms with Gasteiger partial charge in [0.1, 0.15) is 23.1 Å². The Hall–Kier alpha value is -4.00. The van der Waals surface area contributed by atoms with Crippen molar-refractivity contribution in [1.29, 1.82) is 0 Å². The van der Waals surface area contributed by atoms with Crippen LogP contribution in [0.4, 0.5) is 11.5 Å². The van der Waals surface area contributed by atoms with Gasteiger partial charge in [0, 0.05) is 6.20 Å². The number of methoxy groups -OCH3 is 2. The lowest BCUT2D eigenvalue weighted by Gasteiger charge is -2.17. The molecule has 34 heavy (non-hydrogen) atoms. The van der Waals surface area contributed by atoms with Crippen LogP contribution < -0.4 is 25.1 Å². The molecular formula is C27H29N3O4. The van der Waals surface area contributed by atoms with Crippen molar-refractivity contribution in [3.8, 4) is 28.5 Å². The number of benzene rings is 2. The Labute approximate surface area is 198 Å². The summed E-state index contributed by atoms with van der Waals surface area (Å²) in [6, 6.07) is 16.9. The molecule has 2 aromatic carbocycles. The zero-order valence-electron chi connectivity index (χ0n) is 19.8. The second-order valence-electron chi connectivity index (χ2n) is 8.32. The number of aromatic amines is 1. The number of aromatic nitrogens is 2. The fourth-order valence-electron chi connectivity index (χ4n) is 3.76. The highest BCUT2D eigenvalue weighted by Gasteiger charge is 2.18. The number of H-pyrrole nitrogens is 1. The summed E-state index contributed by atoms with van der Waals surface area (Å²) in [5.41, 5.74) is 1.82. The number of para-hydroxylation sites is 2. The largest absolute Gasteiger partial charge is 0.496 e. The topological polar surface area (TPSA) is 85.5 Å². The zero-order valence-corrected chi connectivity index (χ0v) is 19.8. The van der Waals surface area contributed by atoms with Crippen LogP contribution in [0.3, 0.4) is 0 Å². The highest BCUT2D eigenvalue weighted by atomic mass is 16.5. The summed E-state index contributed by atoms with van der Waals surface area (Å²) < 4.78 is 17.2. The van der Waals surface area contributed by atoms with Crippen LogP contribution in [-0.2, 0) is 0 Å². The van der Waals surface area contributed by atoms with Crippen LogP contribution in [0, 0.1) is 5.92 Å². The molecule has 4 rings (SSSR count). The molecule has 0 atom stereocenters. The molecule has 0 spiro atoms. The number of nitrogens with one attached hydrogen (secondary N) is 2. The van der Waals surface area contributed by atoms with E-state index in [9.17, 15) is 4.79 Å². The van der Waals surface area contributed by atoms with Gasteiger partial charge in [0.25, 0.3) is 5.56 Å². The maximum absolute atomic E-state index is 12.8. The summed E-state index contributed by atoms with van der Waals surface area (Å²) in [7, 11) is 3.21. The minimum absolute atomic E-state index is 0.232. The van der Waals surface area contributed by atoms with Crippen molar-refractivity contribution in [3.63, 3.8) is 0 Å². The molecule has 0 bridgehead atoms. The van der Waals surface area contributed by atoms with Crippen molar-refractivity contribution in [2.45, 2.75) is 20.3 Å². The van der Waals surface area contributed by atoms with Crippen molar-refractivity contribution in [2.24, 2.45) is 5.92 Å². The Morgan fingerprint density at radius 3 is 2.38 bits per heavy atom. The van der Waals surface area contributed by atoms with Crippen molar-refractivity contribution in [2.75, 3.05) is 26.1 Å². The molecule has 0 aliphatic heterocycles. The number of hydrogen-bond acceptors (Lipinski definition) is 6. The van der Waals surface area contributed by atoms with Gasteiger partial charge in [0.15, 0.2) is 0 Å². The van der Waals surface area contributed by atoms with Crippen molar-refractivity contribution < 1.29 is 14.2 Å². The number of hydrogen-bond donors (Lipinski definition) is 2. The predicted octanol–water partition coefficient (Wildman–Crippen LogP) is 5.78. The molecule has 2 aromatic heterocycles. The first-order valence-corrected chi connectivity index (χ1v) is 11.2. The molecule has 0 saturated carbocycles. The van der Waals surface area contributed by atoms with Crippen molar-refractivity contribution in [3.05, 3.63) is 71.1 Å². The van der Waals surface area contributed by atoms with E-state index in [1.807, 2.05) is 54.6 Å². The second kappa shape index (κ2) is 10.3. The molecule has 0 unspecified atom stereocenters. The number of fused-ring (bicyclic) bond motifs is 1. The first-order chi connectivity index (χ1) is 16.5. The fourth-order valence-corrected chi connectivity index (χ4v) is 3.76. The second-order valence-corrected chi connectivity index (χ2v) is 8.32. The lowest BCUT2D eigenvalue weighted by atomic mass is 10.1. The lowest BCUT2D eigenvalue weighted by molar-refractivity contribution is 0.291. The van der Waals surface area contributed by atoms with E-state index in [0.29, 0.717) is 52.2 Å². The summed E-state index contributed by atoms with van der Waals surface area (Å²) >= 11 is 0. The Kier molecular flexibility index (Phi) is 7.01. The van der Waals surface area contributed by atoms with Gasteiger partial charge in [-0.15, -0.1) is 0 Å². The van der Waals surface area contributed by atoms with Crippen LogP contribution in [0.5, 0.6) is 17.2 Å². The highest BCUT2D eigenvalue weighted by Crippen LogP contribution is 2.39. The summed E-state index contributed by atoms with van der Waals surface area (Å²) in [5.74, 6) is 2.91. The number of ether oxygens (including phenoxy) is 3. The van der Waals surface area contributed by atoms with E-state index in [1.54, 1.807) is 20.4 Å². The monoisotopic (exact) mass is 459 g/mol. The molecule has 0 aliphatic carbocycles. The SMILES string of the molecule is COc1cccc(OC)c1-c1cc2cc[nH]c(=O)c2c(Nc2ccccc2OCCC(C)C)n1. The third-order valence-corrected chi connectivity index (χ3v) is 5.53. The molecule has 7 nitrogen and oxygen atoms in total. The van der Waals surface area contributed by atoms with Gasteiger partial charge >= 0.3 is 0 Å². The molecule has 7 heteroatoms. The minimum atomic E-state index is -0.232. The molecule has 0 aliphatic rings. The molecule has 2 heterocycles. The molecule has 0 saturated heterocycles. The average Bonchev–Trinajstić information content (AvgIpc) is 2.84. The van der Waals surface area contributed by atoms with Crippen molar-refractivity contribution in [1.82, 2.24) is 9.97 Å². The molecular weight excluding hydrogens is 430 g/mol. The fraction of sp³-hybridized carbons (Fsp3) is 0.259. The number of anilines is 2. The van der Waals surface area contributed by atoms with Gasteiger partial charge in [0.2, 0.25) is 0 Å². The summed E-state index contributed by atoms with van der Waals surface area (Å²) in [6.45, 7) is 4.92. The molecule has 2 N–H and O–H groups in total. The Bertz CT molecular complexity index is 1330. The Morgan fingerprint density at radius 1 is 0.971 bits per heavy atom. The third-order valence-electron chi connectivity index (χ3n) is 5.53. The first kappa shape index (κ1) is 23.2. The standard InChI is InChI=1S/C27H29N3O4/c1-17(2)13-15-34-21-9-6-5-8-19(21)29-26-24-18(12-14-28-27(24)31)16-20(30-26)25-22(32-3)10-7-11-23(25)33-4/h5-12,14,16-17H,13,15H2,1-4H3,(H,28,31)(H,29,30). The van der Waals surface area contributed by atoms with Crippen LogP contribution >= 0.6 is 0 Å². The highest BCUT2D eigenvalue weighted by molar-refractivity contribution is 5.96. The van der Waals surface area contributed by atoms with Crippen LogP contribution in [0.25, 0.3) is 22.0 Å². The van der Waals surface area contributed by atoms with E-state index in [2.05, 4.69) is 24.1 Å². The Morgan fingerprint density at radius 2 is 1.68 bits per heavy atom. The van der Waals surface area contributed by atoms with E-state index < -0.39 is 0 Å². The summed E-state index contributed by atoms with van der Waals surface area (Å²) in [5, 5.41) is 4.54.